The minimum absolute atomic E-state index is 0.155. The van der Waals surface area contributed by atoms with Gasteiger partial charge in [-0.15, -0.1) is 0 Å². The molecule has 64 heavy (non-hydrogen) atoms. The van der Waals surface area contributed by atoms with E-state index in [1.165, 1.54) is 0 Å². The lowest BCUT2D eigenvalue weighted by molar-refractivity contribution is -0.314. The Labute approximate surface area is 383 Å². The minimum atomic E-state index is -1.52. The predicted molar refractivity (Wildman–Crippen MR) is 243 cm³/mol. The molecule has 0 aromatic heterocycles. The van der Waals surface area contributed by atoms with Crippen molar-refractivity contribution in [2.45, 2.75) is 218 Å². The van der Waals surface area contributed by atoms with Gasteiger partial charge in [-0.25, -0.2) is 4.79 Å². The summed E-state index contributed by atoms with van der Waals surface area (Å²) in [6.07, 6.45) is -5.03. The van der Waals surface area contributed by atoms with Crippen molar-refractivity contribution in [1.82, 2.24) is 10.2 Å². The van der Waals surface area contributed by atoms with Crippen LogP contribution in [-0.4, -0.2) is 158 Å². The molecule has 5 rings (SSSR count). The van der Waals surface area contributed by atoms with Crippen LogP contribution in [-0.2, 0) is 47.4 Å². The van der Waals surface area contributed by atoms with E-state index in [1.54, 1.807) is 48.8 Å². The Bertz CT molecular complexity index is 1600. The summed E-state index contributed by atoms with van der Waals surface area (Å²) in [5, 5.41) is 27.5. The summed E-state index contributed by atoms with van der Waals surface area (Å²) in [6.45, 7) is 28.8. The normalized spacial score (nSPS) is 44.2. The summed E-state index contributed by atoms with van der Waals surface area (Å²) < 4.78 is 58.4. The fraction of sp³-hybridized carbons (Fsp3) is 0.896. The average Bonchev–Trinajstić information content (AvgIpc) is 3.19. The van der Waals surface area contributed by atoms with Crippen LogP contribution in [0.5, 0.6) is 0 Å². The topological polar surface area (TPSA) is 185 Å². The molecule has 0 saturated carbocycles. The van der Waals surface area contributed by atoms with Crippen LogP contribution >= 0.6 is 0 Å². The van der Waals surface area contributed by atoms with Crippen LogP contribution in [0.25, 0.3) is 0 Å². The van der Waals surface area contributed by atoms with E-state index in [2.05, 4.69) is 11.9 Å². The van der Waals surface area contributed by atoms with Gasteiger partial charge in [0.25, 0.3) is 0 Å². The standard InChI is InChI=1S/C48H85N3O13/c1-19-35-48(14,55)33-21-20-26(2)25-58-47(13,23-27(3)49-41(56-17)29(33)5)40(63-43-37(52)34(51(15)16)22-28(4)59-43)30(6)38(31(7)42(53)61-35)62-36-24-46(12,57-18)39(32(8)60-36)50-44(54)64-45(9,10)11/h27-40,43,52,55H,2,19-25H2,1,3-18H3,(H,50,54)/b49-41+/t27-,28-,29-,30+,31-,32+,33-,34+,35-,36+,37-,38+,39-,40-,43+,46-,47-,48+/m1/s1. The van der Waals surface area contributed by atoms with Crippen molar-refractivity contribution in [3.8, 4) is 0 Å². The number of aliphatic hydroxyl groups is 2. The summed E-state index contributed by atoms with van der Waals surface area (Å²) in [5.74, 6) is -2.61. The lowest BCUT2D eigenvalue weighted by atomic mass is 9.72. The number of nitrogens with zero attached hydrogens (tertiary/aromatic N) is 2. The van der Waals surface area contributed by atoms with Crippen LogP contribution in [0.1, 0.15) is 129 Å². The monoisotopic (exact) mass is 912 g/mol. The lowest BCUT2D eigenvalue weighted by Gasteiger charge is -2.50. The number of carbonyl (C=O) groups excluding carboxylic acids is 2. The lowest BCUT2D eigenvalue weighted by Crippen LogP contribution is -2.64. The number of likely N-dealkylation sites (N-methyl/N-ethyl adjacent to an activating group) is 1. The molecule has 3 N–H and O–H groups in total. The number of amides is 1. The number of alkyl carbamates (subject to hydrolysis) is 1. The maximum Gasteiger partial charge on any atom is 0.408 e. The smallest absolute Gasteiger partial charge is 0.408 e. The molecule has 16 nitrogen and oxygen atoms in total. The number of carbonyl (C=O) groups is 2. The molecule has 3 saturated heterocycles. The fourth-order valence-corrected chi connectivity index (χ4v) is 10.6. The maximum atomic E-state index is 14.8. The Morgan fingerprint density at radius 2 is 1.67 bits per heavy atom. The Morgan fingerprint density at radius 3 is 2.25 bits per heavy atom. The number of aliphatic imine (C=N–C) groups is 1. The molecular weight excluding hydrogens is 827 g/mol. The highest BCUT2D eigenvalue weighted by Gasteiger charge is 2.54. The molecule has 5 aliphatic heterocycles. The number of nitrogens with one attached hydrogen (secondary N) is 1. The first-order valence-corrected chi connectivity index (χ1v) is 23.5. The zero-order valence-electron chi connectivity index (χ0n) is 42.1. The van der Waals surface area contributed by atoms with Gasteiger partial charge >= 0.3 is 12.1 Å². The van der Waals surface area contributed by atoms with Crippen LogP contribution in [0, 0.1) is 23.7 Å². The van der Waals surface area contributed by atoms with Crippen LogP contribution in [0.2, 0.25) is 0 Å². The van der Waals surface area contributed by atoms with E-state index in [0.29, 0.717) is 38.0 Å². The van der Waals surface area contributed by atoms with E-state index in [0.717, 1.165) is 5.57 Å². The zero-order valence-corrected chi connectivity index (χ0v) is 42.1. The van der Waals surface area contributed by atoms with E-state index < -0.39 is 107 Å². The van der Waals surface area contributed by atoms with E-state index in [-0.39, 0.29) is 31.1 Å². The van der Waals surface area contributed by atoms with Crippen LogP contribution in [0.3, 0.4) is 0 Å². The summed E-state index contributed by atoms with van der Waals surface area (Å²) in [7, 11) is 6.99. The number of aliphatic hydroxyl groups excluding tert-OH is 1. The van der Waals surface area contributed by atoms with Crippen molar-refractivity contribution in [2.75, 3.05) is 34.9 Å². The second-order valence-electron chi connectivity index (χ2n) is 21.1. The molecule has 16 heteroatoms. The zero-order chi connectivity index (χ0) is 48.3. The largest absolute Gasteiger partial charge is 0.484 e. The van der Waals surface area contributed by atoms with E-state index in [9.17, 15) is 19.8 Å². The Kier molecular flexibility index (Phi) is 18.4. The summed E-state index contributed by atoms with van der Waals surface area (Å²) in [4.78, 5) is 35.0. The van der Waals surface area contributed by atoms with Crippen molar-refractivity contribution >= 4 is 18.0 Å². The molecule has 0 unspecified atom stereocenters. The molecule has 0 aliphatic carbocycles. The molecule has 1 amide bonds. The van der Waals surface area contributed by atoms with Gasteiger partial charge in [0.15, 0.2) is 18.5 Å². The fourth-order valence-electron chi connectivity index (χ4n) is 10.6. The number of rotatable bonds is 8. The third-order valence-electron chi connectivity index (χ3n) is 14.2. The molecule has 5 aliphatic rings. The highest BCUT2D eigenvalue weighted by molar-refractivity contribution is 5.79. The molecule has 3 fully saturated rings. The number of methoxy groups -OCH3 is 2. The maximum absolute atomic E-state index is 14.8. The van der Waals surface area contributed by atoms with Gasteiger partial charge in [0.1, 0.15) is 23.4 Å². The highest BCUT2D eigenvalue weighted by Crippen LogP contribution is 2.43. The molecule has 0 aromatic rings. The van der Waals surface area contributed by atoms with Gasteiger partial charge in [-0.3, -0.25) is 9.79 Å². The van der Waals surface area contributed by atoms with Crippen molar-refractivity contribution in [2.24, 2.45) is 28.7 Å². The first-order valence-electron chi connectivity index (χ1n) is 23.5. The Balaban J connectivity index is 1.93. The third kappa shape index (κ3) is 12.8. The van der Waals surface area contributed by atoms with E-state index >= 15 is 0 Å². The molecule has 0 spiro atoms. The van der Waals surface area contributed by atoms with Crippen LogP contribution < -0.4 is 5.32 Å². The molecule has 2 bridgehead atoms. The van der Waals surface area contributed by atoms with Gasteiger partial charge in [-0.05, 0) is 109 Å². The summed E-state index contributed by atoms with van der Waals surface area (Å²) in [5.41, 5.74) is -3.61. The average molecular weight is 912 g/mol. The predicted octanol–water partition coefficient (Wildman–Crippen LogP) is 6.18. The number of esters is 1. The number of hydrogen-bond donors (Lipinski definition) is 3. The number of hydrogen-bond acceptors (Lipinski definition) is 15. The van der Waals surface area contributed by atoms with Gasteiger partial charge in [-0.2, -0.15) is 0 Å². The number of ether oxygens (including phenoxy) is 9. The third-order valence-corrected chi connectivity index (χ3v) is 14.2. The van der Waals surface area contributed by atoms with Gasteiger partial charge in [-0.1, -0.05) is 32.9 Å². The summed E-state index contributed by atoms with van der Waals surface area (Å²) >= 11 is 0. The van der Waals surface area contributed by atoms with Crippen molar-refractivity contribution in [1.29, 1.82) is 0 Å². The quantitative estimate of drug-likeness (QED) is 0.185. The number of fused-ring (bicyclic) bond motifs is 14. The van der Waals surface area contributed by atoms with Crippen LogP contribution in [0.4, 0.5) is 4.79 Å². The van der Waals surface area contributed by atoms with Gasteiger partial charge < -0.3 is 63.1 Å². The van der Waals surface area contributed by atoms with Crippen LogP contribution in [0.15, 0.2) is 17.1 Å². The first kappa shape index (κ1) is 54.2. The first-order chi connectivity index (χ1) is 29.6. The highest BCUT2D eigenvalue weighted by atomic mass is 16.7. The van der Waals surface area contributed by atoms with Crippen molar-refractivity contribution < 1.29 is 62.4 Å². The molecule has 0 radical (unpaired) electrons. The summed E-state index contributed by atoms with van der Waals surface area (Å²) in [6, 6.07) is -1.30. The second kappa shape index (κ2) is 21.7. The van der Waals surface area contributed by atoms with Gasteiger partial charge in [0, 0.05) is 43.7 Å². The minimum Gasteiger partial charge on any atom is -0.484 e. The van der Waals surface area contributed by atoms with Crippen molar-refractivity contribution in [3.05, 3.63) is 12.2 Å². The SMILES string of the molecule is C=C1CC[C@@H]2[C@@H](C)/C(OC)=N\[C@H](C)C[C@@](C)(OC1)[C@H](O[C@@H]1O[C@H](C)C[C@H](N(C)C)[C@H]1O)[C@@H](C)[C@H](O[C@H]1C[C@@](C)(OC)[C@H](NC(=O)OC(C)(C)C)[C@H](C)O1)[C@@H](C)C(=O)O[C@H](CC)[C@@]2(C)O. The Morgan fingerprint density at radius 1 is 1.02 bits per heavy atom. The molecule has 370 valence electrons. The molecular formula is C48H85N3O13. The molecule has 0 aromatic carbocycles. The van der Waals surface area contributed by atoms with E-state index in [4.69, 9.17) is 47.6 Å². The molecule has 18 atom stereocenters. The van der Waals surface area contributed by atoms with E-state index in [1.807, 2.05) is 74.4 Å². The van der Waals surface area contributed by atoms with Gasteiger partial charge in [0.05, 0.1) is 67.3 Å². The van der Waals surface area contributed by atoms with Crippen molar-refractivity contribution in [3.63, 3.8) is 0 Å². The second-order valence-corrected chi connectivity index (χ2v) is 21.1. The molecule has 5 heterocycles. The Hall–Kier alpha value is -2.41. The van der Waals surface area contributed by atoms with Gasteiger partial charge in [0.2, 0.25) is 0 Å².